The molecule has 2 aromatic carbocycles. The number of alkyl halides is 3. The number of nitrogens with one attached hydrogen (secondary N) is 1. The molecule has 2 aliphatic heterocycles. The molecule has 6 rings (SSSR count). The van der Waals surface area contributed by atoms with Crippen molar-refractivity contribution in [1.29, 1.82) is 5.26 Å². The van der Waals surface area contributed by atoms with Crippen molar-refractivity contribution < 1.29 is 22.3 Å². The quantitative estimate of drug-likeness (QED) is 0.203. The third-order valence-corrected chi connectivity index (χ3v) is 10.6. The molecule has 3 aliphatic rings. The molecule has 47 heavy (non-hydrogen) atoms. The van der Waals surface area contributed by atoms with Crippen molar-refractivity contribution in [2.24, 2.45) is 17.8 Å². The number of aromatic nitrogens is 3. The van der Waals surface area contributed by atoms with Gasteiger partial charge in [-0.1, -0.05) is 18.6 Å². The van der Waals surface area contributed by atoms with Crippen LogP contribution in [0.5, 0.6) is 0 Å². The number of halogens is 4. The van der Waals surface area contributed by atoms with Crippen LogP contribution in [0.2, 0.25) is 0 Å². The van der Waals surface area contributed by atoms with Gasteiger partial charge >= 0.3 is 6.18 Å². The summed E-state index contributed by atoms with van der Waals surface area (Å²) >= 11 is 0. The molecule has 1 N–H and O–H groups in total. The van der Waals surface area contributed by atoms with E-state index < -0.39 is 18.0 Å². The highest BCUT2D eigenvalue weighted by Gasteiger charge is 2.53. The van der Waals surface area contributed by atoms with Crippen LogP contribution in [0.25, 0.3) is 0 Å². The first-order valence-corrected chi connectivity index (χ1v) is 16.6. The monoisotopic (exact) mass is 653 g/mol. The first-order valence-electron chi connectivity index (χ1n) is 16.6. The van der Waals surface area contributed by atoms with Gasteiger partial charge in [-0.15, -0.1) is 10.2 Å². The molecule has 8 nitrogen and oxygen atoms in total. The van der Waals surface area contributed by atoms with Gasteiger partial charge in [0.1, 0.15) is 24.4 Å². The van der Waals surface area contributed by atoms with E-state index >= 15 is 4.39 Å². The normalized spacial score (nSPS) is 22.6. The molecule has 2 saturated heterocycles. The van der Waals surface area contributed by atoms with E-state index in [9.17, 15) is 13.2 Å². The maximum Gasteiger partial charge on any atom is 0.396 e. The van der Waals surface area contributed by atoms with Crippen LogP contribution in [0.4, 0.5) is 23.2 Å². The van der Waals surface area contributed by atoms with Crippen LogP contribution in [0.1, 0.15) is 49.1 Å². The molecule has 12 heteroatoms. The molecule has 0 spiro atoms. The van der Waals surface area contributed by atoms with Gasteiger partial charge in [0.15, 0.2) is 0 Å². The van der Waals surface area contributed by atoms with Gasteiger partial charge in [-0.3, -0.25) is 5.32 Å². The Morgan fingerprint density at radius 2 is 1.81 bits per heavy atom. The molecular formula is C35H43F4N7O. The molecule has 0 radical (unpaired) electrons. The maximum absolute atomic E-state index is 15.0. The van der Waals surface area contributed by atoms with Crippen LogP contribution < -0.4 is 10.2 Å². The van der Waals surface area contributed by atoms with Crippen molar-refractivity contribution in [3.05, 3.63) is 77.6 Å². The van der Waals surface area contributed by atoms with E-state index in [1.807, 2.05) is 37.4 Å². The third-order valence-electron chi connectivity index (χ3n) is 10.6. The van der Waals surface area contributed by atoms with Crippen LogP contribution in [0.15, 0.2) is 54.9 Å². The summed E-state index contributed by atoms with van der Waals surface area (Å²) in [4.78, 5) is 4.84. The lowest BCUT2D eigenvalue weighted by Crippen LogP contribution is -2.55. The van der Waals surface area contributed by atoms with Crippen LogP contribution in [0, 0.1) is 34.9 Å². The summed E-state index contributed by atoms with van der Waals surface area (Å²) in [5, 5.41) is 20.0. The fraction of sp³-hybridized carbons (Fsp3) is 0.571. The minimum Gasteiger partial charge on any atom is -0.371 e. The van der Waals surface area contributed by atoms with Crippen LogP contribution >= 0.6 is 0 Å². The van der Waals surface area contributed by atoms with Crippen LogP contribution in [-0.4, -0.2) is 78.4 Å². The molecule has 1 saturated carbocycles. The SMILES string of the molecule is CNCO[C@H]1CCC[C@@H]1C(Cn1cnnc1CC(F)(F)F)(c1cccc(F)c1)C1CCN(CC2CN(c3ccc(C#N)cc3)C2)CC1. The highest BCUT2D eigenvalue weighted by molar-refractivity contribution is 5.51. The van der Waals surface area contributed by atoms with E-state index in [1.54, 1.807) is 16.7 Å². The van der Waals surface area contributed by atoms with Gasteiger partial charge in [-0.05, 0) is 99.6 Å². The zero-order valence-corrected chi connectivity index (χ0v) is 26.8. The Bertz CT molecular complexity index is 1510. The Hall–Kier alpha value is -3.53. The number of nitriles is 1. The Labute approximate surface area is 273 Å². The fourth-order valence-electron chi connectivity index (χ4n) is 8.42. The summed E-state index contributed by atoms with van der Waals surface area (Å²) in [6.07, 6.45) is -0.0103. The van der Waals surface area contributed by atoms with Crippen molar-refractivity contribution in [2.45, 2.75) is 62.8 Å². The zero-order chi connectivity index (χ0) is 33.0. The van der Waals surface area contributed by atoms with Gasteiger partial charge in [0.25, 0.3) is 0 Å². The van der Waals surface area contributed by atoms with Gasteiger partial charge in [0.2, 0.25) is 0 Å². The predicted octanol–water partition coefficient (Wildman–Crippen LogP) is 5.54. The molecule has 252 valence electrons. The molecule has 0 bridgehead atoms. The number of likely N-dealkylation sites (tertiary alicyclic amines) is 1. The third kappa shape index (κ3) is 7.47. The van der Waals surface area contributed by atoms with Crippen molar-refractivity contribution in [1.82, 2.24) is 25.0 Å². The van der Waals surface area contributed by atoms with E-state index in [0.717, 1.165) is 76.1 Å². The van der Waals surface area contributed by atoms with Gasteiger partial charge in [0.05, 0.1) is 24.5 Å². The van der Waals surface area contributed by atoms with E-state index in [-0.39, 0.29) is 36.1 Å². The van der Waals surface area contributed by atoms with Gasteiger partial charge in [-0.2, -0.15) is 18.4 Å². The van der Waals surface area contributed by atoms with E-state index in [0.29, 0.717) is 18.2 Å². The molecule has 3 atom stereocenters. The van der Waals surface area contributed by atoms with E-state index in [2.05, 4.69) is 31.4 Å². The number of rotatable bonds is 12. The molecule has 1 unspecified atom stereocenters. The number of hydrogen-bond donors (Lipinski definition) is 1. The van der Waals surface area contributed by atoms with Crippen LogP contribution in [-0.2, 0) is 23.1 Å². The Morgan fingerprint density at radius 1 is 1.04 bits per heavy atom. The molecule has 3 heterocycles. The zero-order valence-electron chi connectivity index (χ0n) is 26.8. The number of nitrogens with zero attached hydrogens (tertiary/aromatic N) is 6. The number of hydrogen-bond acceptors (Lipinski definition) is 7. The summed E-state index contributed by atoms with van der Waals surface area (Å²) in [6.45, 7) is 5.22. The van der Waals surface area contributed by atoms with E-state index in [1.165, 1.54) is 12.4 Å². The summed E-state index contributed by atoms with van der Waals surface area (Å²) in [7, 11) is 1.83. The lowest BCUT2D eigenvalue weighted by atomic mass is 9.58. The number of anilines is 1. The van der Waals surface area contributed by atoms with E-state index in [4.69, 9.17) is 10.00 Å². The van der Waals surface area contributed by atoms with Crippen LogP contribution in [0.3, 0.4) is 0 Å². The second-order valence-electron chi connectivity index (χ2n) is 13.5. The van der Waals surface area contributed by atoms with Crippen molar-refractivity contribution >= 4 is 5.69 Å². The van der Waals surface area contributed by atoms with Gasteiger partial charge in [0, 0.05) is 43.2 Å². The average molecular weight is 654 g/mol. The fourth-order valence-corrected chi connectivity index (χ4v) is 8.42. The largest absolute Gasteiger partial charge is 0.396 e. The topological polar surface area (TPSA) is 82.2 Å². The van der Waals surface area contributed by atoms with Crippen molar-refractivity contribution in [2.75, 3.05) is 51.4 Å². The Balaban J connectivity index is 1.24. The Kier molecular flexibility index (Phi) is 10.2. The van der Waals surface area contributed by atoms with Crippen molar-refractivity contribution in [3.63, 3.8) is 0 Å². The summed E-state index contributed by atoms with van der Waals surface area (Å²) in [6, 6.07) is 16.5. The first-order chi connectivity index (χ1) is 22.7. The van der Waals surface area contributed by atoms with Gasteiger partial charge < -0.3 is 19.1 Å². The second kappa shape index (κ2) is 14.3. The summed E-state index contributed by atoms with van der Waals surface area (Å²) < 4.78 is 63.8. The molecular weight excluding hydrogens is 610 g/mol. The maximum atomic E-state index is 15.0. The summed E-state index contributed by atoms with van der Waals surface area (Å²) in [5.41, 5.74) is 1.91. The molecule has 1 aliphatic carbocycles. The minimum absolute atomic E-state index is 0.0250. The minimum atomic E-state index is -4.43. The highest BCUT2D eigenvalue weighted by atomic mass is 19.4. The Morgan fingerprint density at radius 3 is 2.49 bits per heavy atom. The van der Waals surface area contributed by atoms with Crippen molar-refractivity contribution in [3.8, 4) is 6.07 Å². The highest BCUT2D eigenvalue weighted by Crippen LogP contribution is 2.52. The van der Waals surface area contributed by atoms with Gasteiger partial charge in [-0.25, -0.2) is 4.39 Å². The standard InChI is InChI=1S/C35H43F4N7O/c1-41-24-47-32-7-3-6-31(32)34(28-4-2-5-29(36)16-28,22-46-23-42-43-33(46)17-35(37,38)39)27-12-14-44(15-13-27)19-26-20-45(21-26)30-10-8-25(18-40)9-11-30/h2,4-5,8-11,16,23,26-27,31-32,41H,3,6-7,12-15,17,19-22,24H2,1H3/t31-,32-,34?/m0/s1. The second-order valence-corrected chi connectivity index (χ2v) is 13.5. The molecule has 3 fully saturated rings. The predicted molar refractivity (Wildman–Crippen MR) is 170 cm³/mol. The smallest absolute Gasteiger partial charge is 0.371 e. The molecule has 1 aromatic heterocycles. The molecule has 3 aromatic rings. The lowest BCUT2D eigenvalue weighted by Gasteiger charge is -2.51. The summed E-state index contributed by atoms with van der Waals surface area (Å²) in [5.74, 6) is 0.112. The lowest BCUT2D eigenvalue weighted by molar-refractivity contribution is -0.129. The average Bonchev–Trinajstić information content (AvgIpc) is 3.69. The molecule has 0 amide bonds. The number of benzene rings is 2. The number of ether oxygens (including phenoxy) is 1. The first kappa shape index (κ1) is 33.4. The number of piperidine rings is 1.